The SMILES string of the molecule is CCCCC1(CCCC)CCc2c(OCC3=C(C)C(=O)c4ccccc4C3=O)cccc2C1O. The number of hydrogen-bond acceptors (Lipinski definition) is 4. The first-order valence-corrected chi connectivity index (χ1v) is 12.7. The Morgan fingerprint density at radius 1 is 0.941 bits per heavy atom. The molecule has 4 heteroatoms. The molecule has 2 aliphatic carbocycles. The molecule has 0 fully saturated rings. The maximum Gasteiger partial charge on any atom is 0.193 e. The predicted molar refractivity (Wildman–Crippen MR) is 135 cm³/mol. The van der Waals surface area contributed by atoms with Gasteiger partial charge in [-0.05, 0) is 49.8 Å². The van der Waals surface area contributed by atoms with E-state index in [1.807, 2.05) is 18.2 Å². The average Bonchev–Trinajstić information content (AvgIpc) is 2.86. The predicted octanol–water partition coefficient (Wildman–Crippen LogP) is 6.81. The quantitative estimate of drug-likeness (QED) is 0.447. The first-order valence-electron chi connectivity index (χ1n) is 12.7. The van der Waals surface area contributed by atoms with E-state index in [1.165, 1.54) is 0 Å². The molecule has 0 heterocycles. The third-order valence-electron chi connectivity index (χ3n) is 7.83. The van der Waals surface area contributed by atoms with Crippen LogP contribution in [0.5, 0.6) is 5.75 Å². The first-order chi connectivity index (χ1) is 16.4. The van der Waals surface area contributed by atoms with Crippen molar-refractivity contribution in [2.45, 2.75) is 78.2 Å². The van der Waals surface area contributed by atoms with E-state index in [0.29, 0.717) is 28.0 Å². The van der Waals surface area contributed by atoms with Crippen LogP contribution < -0.4 is 4.74 Å². The fourth-order valence-electron chi connectivity index (χ4n) is 5.66. The smallest absolute Gasteiger partial charge is 0.193 e. The first kappa shape index (κ1) is 24.4. The number of carbonyl (C=O) groups excluding carboxylic acids is 2. The molecule has 1 atom stereocenters. The molecular weight excluding hydrogens is 424 g/mol. The lowest BCUT2D eigenvalue weighted by Gasteiger charge is -2.43. The summed E-state index contributed by atoms with van der Waals surface area (Å²) in [5.41, 5.74) is 3.68. The lowest BCUT2D eigenvalue weighted by molar-refractivity contribution is -0.0103. The zero-order chi connectivity index (χ0) is 24.3. The molecule has 180 valence electrons. The standard InChI is InChI=1S/C30H36O4/c1-4-6-16-30(17-7-5-2)18-15-21-24(29(30)33)13-10-14-26(21)34-19-25-20(3)27(31)22-11-8-9-12-23(22)28(25)32/h8-14,29,33H,4-7,15-19H2,1-3H3. The van der Waals surface area contributed by atoms with Crippen molar-refractivity contribution in [3.63, 3.8) is 0 Å². The number of ether oxygens (including phenoxy) is 1. The van der Waals surface area contributed by atoms with E-state index >= 15 is 0 Å². The third-order valence-corrected chi connectivity index (χ3v) is 7.83. The van der Waals surface area contributed by atoms with Crippen molar-refractivity contribution in [3.05, 3.63) is 75.9 Å². The summed E-state index contributed by atoms with van der Waals surface area (Å²) < 4.78 is 6.18. The van der Waals surface area contributed by atoms with Gasteiger partial charge in [-0.2, -0.15) is 0 Å². The number of allylic oxidation sites excluding steroid dienone is 1. The molecule has 1 unspecified atom stereocenters. The molecule has 2 aliphatic rings. The topological polar surface area (TPSA) is 63.6 Å². The fraction of sp³-hybridized carbons (Fsp3) is 0.467. The summed E-state index contributed by atoms with van der Waals surface area (Å²) in [6, 6.07) is 12.8. The van der Waals surface area contributed by atoms with Crippen LogP contribution in [0.4, 0.5) is 0 Å². The minimum Gasteiger partial charge on any atom is -0.488 e. The van der Waals surface area contributed by atoms with Gasteiger partial charge in [-0.15, -0.1) is 0 Å². The Balaban J connectivity index is 1.58. The molecule has 0 aliphatic heterocycles. The van der Waals surface area contributed by atoms with Crippen LogP contribution in [-0.4, -0.2) is 23.3 Å². The molecule has 4 nitrogen and oxygen atoms in total. The largest absolute Gasteiger partial charge is 0.488 e. The number of aliphatic hydroxyl groups is 1. The summed E-state index contributed by atoms with van der Waals surface area (Å²) in [6.07, 6.45) is 7.85. The van der Waals surface area contributed by atoms with Crippen molar-refractivity contribution < 1.29 is 19.4 Å². The van der Waals surface area contributed by atoms with Crippen LogP contribution in [0.1, 0.15) is 104 Å². The van der Waals surface area contributed by atoms with Gasteiger partial charge in [0.15, 0.2) is 11.6 Å². The number of Topliss-reactive ketones (excluding diaryl/α,β-unsaturated/α-hetero) is 2. The Labute approximate surface area is 203 Å². The summed E-state index contributed by atoms with van der Waals surface area (Å²) in [7, 11) is 0. The molecule has 34 heavy (non-hydrogen) atoms. The summed E-state index contributed by atoms with van der Waals surface area (Å²) in [4.78, 5) is 25.9. The number of aliphatic hydroxyl groups excluding tert-OH is 1. The van der Waals surface area contributed by atoms with Gasteiger partial charge < -0.3 is 9.84 Å². The Morgan fingerprint density at radius 3 is 2.24 bits per heavy atom. The Morgan fingerprint density at radius 2 is 1.59 bits per heavy atom. The van der Waals surface area contributed by atoms with Gasteiger partial charge in [-0.25, -0.2) is 0 Å². The van der Waals surface area contributed by atoms with Crippen LogP contribution in [0.3, 0.4) is 0 Å². The molecule has 4 rings (SSSR count). The lowest BCUT2D eigenvalue weighted by Crippen LogP contribution is -2.34. The molecule has 0 saturated carbocycles. The van der Waals surface area contributed by atoms with Crippen LogP contribution in [-0.2, 0) is 6.42 Å². The van der Waals surface area contributed by atoms with Gasteiger partial charge in [0.25, 0.3) is 0 Å². The molecule has 0 bridgehead atoms. The summed E-state index contributed by atoms with van der Waals surface area (Å²) in [5.74, 6) is 0.446. The van der Waals surface area contributed by atoms with Crippen LogP contribution >= 0.6 is 0 Å². The minimum absolute atomic E-state index is 0.0497. The molecular formula is C30H36O4. The number of unbranched alkanes of at least 4 members (excludes halogenated alkanes) is 2. The minimum atomic E-state index is -0.511. The number of rotatable bonds is 9. The van der Waals surface area contributed by atoms with Crippen LogP contribution in [0.25, 0.3) is 0 Å². The van der Waals surface area contributed by atoms with Gasteiger partial charge in [0.1, 0.15) is 12.4 Å². The average molecular weight is 461 g/mol. The van der Waals surface area contributed by atoms with Crippen LogP contribution in [0.15, 0.2) is 53.6 Å². The number of carbonyl (C=O) groups is 2. The highest BCUT2D eigenvalue weighted by atomic mass is 16.5. The van der Waals surface area contributed by atoms with Crippen molar-refractivity contribution in [1.29, 1.82) is 0 Å². The van der Waals surface area contributed by atoms with E-state index < -0.39 is 6.10 Å². The maximum atomic E-state index is 13.1. The van der Waals surface area contributed by atoms with Gasteiger partial charge in [0.2, 0.25) is 0 Å². The number of ketones is 2. The van der Waals surface area contributed by atoms with Crippen molar-refractivity contribution in [3.8, 4) is 5.75 Å². The molecule has 0 radical (unpaired) electrons. The van der Waals surface area contributed by atoms with E-state index in [9.17, 15) is 14.7 Å². The van der Waals surface area contributed by atoms with Gasteiger partial charge in [-0.1, -0.05) is 75.9 Å². The Kier molecular flexibility index (Phi) is 7.37. The molecule has 2 aromatic rings. The second-order valence-electron chi connectivity index (χ2n) is 9.89. The second kappa shape index (κ2) is 10.3. The summed E-state index contributed by atoms with van der Waals surface area (Å²) in [5, 5.41) is 11.5. The van der Waals surface area contributed by atoms with Gasteiger partial charge in [0, 0.05) is 27.7 Å². The zero-order valence-electron chi connectivity index (χ0n) is 20.7. The van der Waals surface area contributed by atoms with E-state index in [0.717, 1.165) is 62.5 Å². The zero-order valence-corrected chi connectivity index (χ0v) is 20.7. The van der Waals surface area contributed by atoms with E-state index in [2.05, 4.69) is 13.8 Å². The highest BCUT2D eigenvalue weighted by Gasteiger charge is 2.42. The maximum absolute atomic E-state index is 13.1. The van der Waals surface area contributed by atoms with Gasteiger partial charge >= 0.3 is 0 Å². The van der Waals surface area contributed by atoms with Crippen molar-refractivity contribution >= 4 is 11.6 Å². The van der Waals surface area contributed by atoms with E-state index in [-0.39, 0.29) is 23.6 Å². The molecule has 1 N–H and O–H groups in total. The number of benzene rings is 2. The van der Waals surface area contributed by atoms with Crippen molar-refractivity contribution in [2.75, 3.05) is 6.61 Å². The van der Waals surface area contributed by atoms with Crippen molar-refractivity contribution in [2.24, 2.45) is 5.41 Å². The Hall–Kier alpha value is -2.72. The van der Waals surface area contributed by atoms with E-state index in [1.54, 1.807) is 31.2 Å². The molecule has 0 saturated heterocycles. The molecule has 0 amide bonds. The second-order valence-corrected chi connectivity index (χ2v) is 9.89. The van der Waals surface area contributed by atoms with Gasteiger partial charge in [0.05, 0.1) is 6.10 Å². The number of hydrogen-bond donors (Lipinski definition) is 1. The molecule has 0 spiro atoms. The highest BCUT2D eigenvalue weighted by Crippen LogP contribution is 2.52. The molecule has 2 aromatic carbocycles. The van der Waals surface area contributed by atoms with Crippen molar-refractivity contribution in [1.82, 2.24) is 0 Å². The normalized spacial score (nSPS) is 19.1. The highest BCUT2D eigenvalue weighted by molar-refractivity contribution is 6.26. The van der Waals surface area contributed by atoms with E-state index in [4.69, 9.17) is 4.74 Å². The van der Waals surface area contributed by atoms with Gasteiger partial charge in [-0.3, -0.25) is 9.59 Å². The monoisotopic (exact) mass is 460 g/mol. The molecule has 0 aromatic heterocycles. The number of fused-ring (bicyclic) bond motifs is 2. The van der Waals surface area contributed by atoms with Crippen LogP contribution in [0.2, 0.25) is 0 Å². The Bertz CT molecular complexity index is 1100. The van der Waals surface area contributed by atoms with Crippen LogP contribution in [0, 0.1) is 5.41 Å². The fourth-order valence-corrected chi connectivity index (χ4v) is 5.66. The summed E-state index contributed by atoms with van der Waals surface area (Å²) in [6.45, 7) is 6.16. The summed E-state index contributed by atoms with van der Waals surface area (Å²) >= 11 is 0. The lowest BCUT2D eigenvalue weighted by atomic mass is 9.64. The third kappa shape index (κ3) is 4.36.